The molecule has 3 heterocycles. The second kappa shape index (κ2) is 8.24. The van der Waals surface area contributed by atoms with Gasteiger partial charge in [-0.2, -0.15) is 0 Å². The SMILES string of the molecule is CC(C)c1ccc(Nc2nnc(SCc3coc(-c4cccs4)n3)s2)cc1. The third-order valence-electron chi connectivity index (χ3n) is 3.86. The van der Waals surface area contributed by atoms with Crippen LogP contribution in [0.1, 0.15) is 31.0 Å². The molecule has 4 rings (SSSR count). The highest BCUT2D eigenvalue weighted by Crippen LogP contribution is 2.31. The van der Waals surface area contributed by atoms with Gasteiger partial charge in [0.25, 0.3) is 0 Å². The van der Waals surface area contributed by atoms with Crippen LogP contribution in [0.4, 0.5) is 10.8 Å². The summed E-state index contributed by atoms with van der Waals surface area (Å²) in [6.45, 7) is 4.38. The number of hydrogen-bond acceptors (Lipinski definition) is 8. The van der Waals surface area contributed by atoms with Crippen molar-refractivity contribution < 1.29 is 4.42 Å². The molecular formula is C19H18N4OS3. The minimum absolute atomic E-state index is 0.528. The Morgan fingerprint density at radius 3 is 2.74 bits per heavy atom. The van der Waals surface area contributed by atoms with Gasteiger partial charge in [-0.3, -0.25) is 0 Å². The average molecular weight is 415 g/mol. The molecule has 0 unspecified atom stereocenters. The van der Waals surface area contributed by atoms with E-state index in [1.54, 1.807) is 29.4 Å². The van der Waals surface area contributed by atoms with Gasteiger partial charge in [-0.25, -0.2) is 4.98 Å². The Kier molecular flexibility index (Phi) is 5.56. The number of thiophene rings is 1. The third kappa shape index (κ3) is 4.58. The van der Waals surface area contributed by atoms with Gasteiger partial charge in [-0.1, -0.05) is 55.1 Å². The zero-order valence-corrected chi connectivity index (χ0v) is 17.3. The fraction of sp³-hybridized carbons (Fsp3) is 0.211. The average Bonchev–Trinajstić information content (AvgIpc) is 3.42. The molecule has 0 atom stereocenters. The molecule has 4 aromatic rings. The molecule has 0 bridgehead atoms. The molecule has 27 heavy (non-hydrogen) atoms. The summed E-state index contributed by atoms with van der Waals surface area (Å²) in [6.07, 6.45) is 1.71. The van der Waals surface area contributed by atoms with E-state index in [0.717, 1.165) is 25.7 Å². The Balaban J connectivity index is 1.34. The number of benzene rings is 1. The molecule has 0 spiro atoms. The van der Waals surface area contributed by atoms with Gasteiger partial charge in [0.15, 0.2) is 4.34 Å². The van der Waals surface area contributed by atoms with Crippen LogP contribution in [-0.4, -0.2) is 15.2 Å². The lowest BCUT2D eigenvalue weighted by atomic mass is 10.0. The van der Waals surface area contributed by atoms with Gasteiger partial charge in [-0.05, 0) is 35.1 Å². The molecular weight excluding hydrogens is 396 g/mol. The van der Waals surface area contributed by atoms with Crippen LogP contribution >= 0.6 is 34.4 Å². The fourth-order valence-corrected chi connectivity index (χ4v) is 4.72. The molecule has 0 saturated carbocycles. The van der Waals surface area contributed by atoms with Crippen LogP contribution < -0.4 is 5.32 Å². The summed E-state index contributed by atoms with van der Waals surface area (Å²) in [4.78, 5) is 5.57. The van der Waals surface area contributed by atoms with Gasteiger partial charge >= 0.3 is 0 Å². The second-order valence-electron chi connectivity index (χ2n) is 6.18. The number of anilines is 2. The molecule has 3 aromatic heterocycles. The molecule has 5 nitrogen and oxygen atoms in total. The van der Waals surface area contributed by atoms with Crippen molar-refractivity contribution in [1.82, 2.24) is 15.2 Å². The third-order valence-corrected chi connectivity index (χ3v) is 6.73. The van der Waals surface area contributed by atoms with E-state index in [2.05, 4.69) is 58.6 Å². The summed E-state index contributed by atoms with van der Waals surface area (Å²) < 4.78 is 6.45. The van der Waals surface area contributed by atoms with E-state index in [1.807, 2.05) is 17.5 Å². The van der Waals surface area contributed by atoms with Crippen molar-refractivity contribution in [3.63, 3.8) is 0 Å². The van der Waals surface area contributed by atoms with Crippen LogP contribution in [0.25, 0.3) is 10.8 Å². The highest BCUT2D eigenvalue weighted by atomic mass is 32.2. The van der Waals surface area contributed by atoms with Gasteiger partial charge < -0.3 is 9.73 Å². The van der Waals surface area contributed by atoms with Crippen molar-refractivity contribution >= 4 is 45.3 Å². The summed E-state index contributed by atoms with van der Waals surface area (Å²) in [6, 6.07) is 12.4. The number of aromatic nitrogens is 3. The van der Waals surface area contributed by atoms with Crippen LogP contribution in [0.15, 0.2) is 56.8 Å². The lowest BCUT2D eigenvalue weighted by Crippen LogP contribution is -1.91. The van der Waals surface area contributed by atoms with Crippen molar-refractivity contribution in [2.75, 3.05) is 5.32 Å². The number of nitrogens with one attached hydrogen (secondary N) is 1. The van der Waals surface area contributed by atoms with E-state index < -0.39 is 0 Å². The van der Waals surface area contributed by atoms with Gasteiger partial charge in [-0.15, -0.1) is 21.5 Å². The number of thioether (sulfide) groups is 1. The maximum Gasteiger partial charge on any atom is 0.236 e. The molecule has 138 valence electrons. The Labute approximate surface area is 169 Å². The Bertz CT molecular complexity index is 990. The standard InChI is InChI=1S/C19H18N4OS3/c1-12(2)13-5-7-14(8-6-13)21-18-22-23-19(27-18)26-11-15-10-24-17(20-15)16-4-3-9-25-16/h3-10,12H,11H2,1-2H3,(H,21,22). The summed E-state index contributed by atoms with van der Waals surface area (Å²) in [5.41, 5.74) is 3.24. The lowest BCUT2D eigenvalue weighted by molar-refractivity contribution is 0.575. The first-order chi connectivity index (χ1) is 13.2. The number of rotatable bonds is 7. The maximum absolute atomic E-state index is 5.55. The smallest absolute Gasteiger partial charge is 0.236 e. The number of nitrogens with zero attached hydrogens (tertiary/aromatic N) is 3. The van der Waals surface area contributed by atoms with Crippen LogP contribution in [-0.2, 0) is 5.75 Å². The second-order valence-corrected chi connectivity index (χ2v) is 9.33. The Hall–Kier alpha value is -2.16. The highest BCUT2D eigenvalue weighted by molar-refractivity contribution is 8.00. The quantitative estimate of drug-likeness (QED) is 0.352. The van der Waals surface area contributed by atoms with Crippen LogP contribution in [0.3, 0.4) is 0 Å². The number of oxazole rings is 1. The summed E-state index contributed by atoms with van der Waals surface area (Å²) in [7, 11) is 0. The topological polar surface area (TPSA) is 63.8 Å². The number of hydrogen-bond donors (Lipinski definition) is 1. The van der Waals surface area contributed by atoms with Gasteiger partial charge in [0, 0.05) is 11.4 Å². The molecule has 0 saturated heterocycles. The first-order valence-corrected chi connectivity index (χ1v) is 11.2. The van der Waals surface area contributed by atoms with Crippen molar-refractivity contribution in [1.29, 1.82) is 0 Å². The predicted octanol–water partition coefficient (Wildman–Crippen LogP) is 6.41. The molecule has 0 aliphatic rings. The van der Waals surface area contributed by atoms with Crippen molar-refractivity contribution in [3.05, 3.63) is 59.3 Å². The predicted molar refractivity (Wildman–Crippen MR) is 113 cm³/mol. The Morgan fingerprint density at radius 2 is 2.00 bits per heavy atom. The van der Waals surface area contributed by atoms with E-state index in [0.29, 0.717) is 17.6 Å². The van der Waals surface area contributed by atoms with Crippen LogP contribution in [0.5, 0.6) is 0 Å². The molecule has 0 aliphatic heterocycles. The van der Waals surface area contributed by atoms with E-state index in [-0.39, 0.29) is 0 Å². The first-order valence-electron chi connectivity index (χ1n) is 8.49. The lowest BCUT2D eigenvalue weighted by Gasteiger charge is -2.06. The molecule has 1 aromatic carbocycles. The van der Waals surface area contributed by atoms with Crippen molar-refractivity contribution in [2.45, 2.75) is 29.9 Å². The molecule has 0 amide bonds. The first kappa shape index (κ1) is 18.2. The molecule has 0 radical (unpaired) electrons. The van der Waals surface area contributed by atoms with Gasteiger partial charge in [0.05, 0.1) is 10.6 Å². The van der Waals surface area contributed by atoms with E-state index in [9.17, 15) is 0 Å². The zero-order chi connectivity index (χ0) is 18.6. The maximum atomic E-state index is 5.55. The zero-order valence-electron chi connectivity index (χ0n) is 14.9. The minimum Gasteiger partial charge on any atom is -0.444 e. The van der Waals surface area contributed by atoms with Crippen molar-refractivity contribution in [3.8, 4) is 10.8 Å². The normalized spacial score (nSPS) is 11.2. The molecule has 1 N–H and O–H groups in total. The van der Waals surface area contributed by atoms with Gasteiger partial charge in [0.2, 0.25) is 11.0 Å². The van der Waals surface area contributed by atoms with Crippen molar-refractivity contribution in [2.24, 2.45) is 0 Å². The summed E-state index contributed by atoms with van der Waals surface area (Å²) >= 11 is 4.76. The molecule has 0 fully saturated rings. The van der Waals surface area contributed by atoms with E-state index in [1.165, 1.54) is 16.9 Å². The highest BCUT2D eigenvalue weighted by Gasteiger charge is 2.10. The minimum atomic E-state index is 0.528. The van der Waals surface area contributed by atoms with Gasteiger partial charge in [0.1, 0.15) is 6.26 Å². The molecule has 0 aliphatic carbocycles. The Morgan fingerprint density at radius 1 is 1.15 bits per heavy atom. The summed E-state index contributed by atoms with van der Waals surface area (Å²) in [5, 5.41) is 14.6. The van der Waals surface area contributed by atoms with Crippen LogP contribution in [0, 0.1) is 0 Å². The van der Waals surface area contributed by atoms with Crippen LogP contribution in [0.2, 0.25) is 0 Å². The summed E-state index contributed by atoms with van der Waals surface area (Å²) in [5.74, 6) is 1.90. The van der Waals surface area contributed by atoms with E-state index >= 15 is 0 Å². The monoisotopic (exact) mass is 414 g/mol. The fourth-order valence-electron chi connectivity index (χ4n) is 2.42. The largest absolute Gasteiger partial charge is 0.444 e. The van der Waals surface area contributed by atoms with E-state index in [4.69, 9.17) is 4.42 Å². The molecule has 8 heteroatoms.